The van der Waals surface area contributed by atoms with Gasteiger partial charge in [0.2, 0.25) is 10.0 Å². The van der Waals surface area contributed by atoms with Crippen LogP contribution in [0.1, 0.15) is 17.8 Å². The van der Waals surface area contributed by atoms with Gasteiger partial charge in [0.1, 0.15) is 12.2 Å². The van der Waals surface area contributed by atoms with Crippen molar-refractivity contribution < 1.29 is 8.42 Å². The summed E-state index contributed by atoms with van der Waals surface area (Å²) < 4.78 is 26.9. The van der Waals surface area contributed by atoms with Crippen LogP contribution in [0.5, 0.6) is 0 Å². The summed E-state index contributed by atoms with van der Waals surface area (Å²) in [6.45, 7) is 2.01. The van der Waals surface area contributed by atoms with Gasteiger partial charge in [0.05, 0.1) is 15.6 Å². The summed E-state index contributed by atoms with van der Waals surface area (Å²) in [6.07, 6.45) is 2.64. The first kappa shape index (κ1) is 15.7. The number of aryl methyl sites for hydroxylation is 2. The summed E-state index contributed by atoms with van der Waals surface area (Å²) in [5, 5.41) is 6.82. The number of benzene rings is 1. The van der Waals surface area contributed by atoms with Gasteiger partial charge in [0.15, 0.2) is 0 Å². The number of rotatable bonds is 6. The number of aromatic nitrogens is 3. The van der Waals surface area contributed by atoms with Crippen LogP contribution < -0.4 is 10.5 Å². The number of anilines is 1. The first-order valence-corrected chi connectivity index (χ1v) is 8.16. The molecule has 0 atom stereocenters. The van der Waals surface area contributed by atoms with E-state index in [9.17, 15) is 8.42 Å². The minimum Gasteiger partial charge on any atom is -0.397 e. The van der Waals surface area contributed by atoms with Gasteiger partial charge in [-0.1, -0.05) is 11.6 Å². The highest BCUT2D eigenvalue weighted by Gasteiger charge is 2.16. The number of nitrogens with zero attached hydrogens (tertiary/aromatic N) is 2. The van der Waals surface area contributed by atoms with E-state index in [1.54, 1.807) is 6.92 Å². The molecule has 7 nitrogen and oxygen atoms in total. The van der Waals surface area contributed by atoms with Gasteiger partial charge in [-0.15, -0.1) is 0 Å². The lowest BCUT2D eigenvalue weighted by Gasteiger charge is -2.09. The zero-order chi connectivity index (χ0) is 15.5. The summed E-state index contributed by atoms with van der Waals surface area (Å²) in [5.74, 6) is 0.723. The largest absolute Gasteiger partial charge is 0.397 e. The quantitative estimate of drug-likeness (QED) is 0.545. The molecule has 1 aromatic carbocycles. The van der Waals surface area contributed by atoms with Crippen molar-refractivity contribution in [3.8, 4) is 0 Å². The third kappa shape index (κ3) is 3.93. The highest BCUT2D eigenvalue weighted by molar-refractivity contribution is 7.89. The summed E-state index contributed by atoms with van der Waals surface area (Å²) >= 11 is 5.93. The second-order valence-electron chi connectivity index (χ2n) is 4.58. The van der Waals surface area contributed by atoms with Gasteiger partial charge in [0.25, 0.3) is 0 Å². The van der Waals surface area contributed by atoms with E-state index in [-0.39, 0.29) is 10.6 Å². The Labute approximate surface area is 128 Å². The lowest BCUT2D eigenvalue weighted by molar-refractivity contribution is 0.578. The molecule has 21 heavy (non-hydrogen) atoms. The van der Waals surface area contributed by atoms with Gasteiger partial charge in [-0.05, 0) is 31.0 Å². The molecule has 2 aromatic rings. The van der Waals surface area contributed by atoms with Gasteiger partial charge < -0.3 is 5.73 Å². The Hall–Kier alpha value is -1.64. The topological polar surface area (TPSA) is 114 Å². The highest BCUT2D eigenvalue weighted by Crippen LogP contribution is 2.26. The van der Waals surface area contributed by atoms with Gasteiger partial charge in [-0.25, -0.2) is 18.1 Å². The van der Waals surface area contributed by atoms with E-state index in [2.05, 4.69) is 19.9 Å². The molecule has 4 N–H and O–H groups in total. The monoisotopic (exact) mass is 329 g/mol. The Morgan fingerprint density at radius 3 is 2.81 bits per heavy atom. The number of hydrogen-bond acceptors (Lipinski definition) is 5. The van der Waals surface area contributed by atoms with Crippen molar-refractivity contribution in [3.05, 3.63) is 34.9 Å². The fourth-order valence-electron chi connectivity index (χ4n) is 1.81. The first-order chi connectivity index (χ1) is 9.90. The number of nitrogen functional groups attached to an aromatic ring is 1. The van der Waals surface area contributed by atoms with Crippen LogP contribution in [0.2, 0.25) is 5.02 Å². The van der Waals surface area contributed by atoms with E-state index in [0.717, 1.165) is 5.82 Å². The molecule has 0 amide bonds. The molecule has 0 radical (unpaired) electrons. The van der Waals surface area contributed by atoms with E-state index in [1.807, 2.05) is 0 Å². The van der Waals surface area contributed by atoms with Crippen molar-refractivity contribution in [3.63, 3.8) is 0 Å². The van der Waals surface area contributed by atoms with Gasteiger partial charge in [-0.3, -0.25) is 5.10 Å². The van der Waals surface area contributed by atoms with E-state index in [0.29, 0.717) is 30.0 Å². The second-order valence-corrected chi connectivity index (χ2v) is 6.72. The van der Waals surface area contributed by atoms with Crippen LogP contribution in [0.4, 0.5) is 5.69 Å². The number of aromatic amines is 1. The number of hydrogen-bond donors (Lipinski definition) is 3. The lowest BCUT2D eigenvalue weighted by atomic mass is 10.2. The number of H-pyrrole nitrogens is 1. The first-order valence-electron chi connectivity index (χ1n) is 6.29. The third-order valence-corrected chi connectivity index (χ3v) is 4.87. The SMILES string of the molecule is Cc1cc(S(=O)(=O)NCCCc2ncn[nH]2)cc(N)c1Cl. The fourth-order valence-corrected chi connectivity index (χ4v) is 3.12. The normalized spacial score (nSPS) is 11.7. The number of halogens is 1. The van der Waals surface area contributed by atoms with E-state index < -0.39 is 10.0 Å². The molecule has 2 rings (SSSR count). The van der Waals surface area contributed by atoms with E-state index >= 15 is 0 Å². The van der Waals surface area contributed by atoms with Crippen LogP contribution in [-0.4, -0.2) is 30.1 Å². The third-order valence-electron chi connectivity index (χ3n) is 2.91. The molecule has 1 heterocycles. The van der Waals surface area contributed by atoms with E-state index in [4.69, 9.17) is 17.3 Å². The molecule has 0 fully saturated rings. The fraction of sp³-hybridized carbons (Fsp3) is 0.333. The van der Waals surface area contributed by atoms with Gasteiger partial charge in [-0.2, -0.15) is 5.10 Å². The molecule has 0 saturated heterocycles. The Morgan fingerprint density at radius 2 is 2.19 bits per heavy atom. The Bertz CT molecular complexity index is 692. The van der Waals surface area contributed by atoms with Crippen LogP contribution >= 0.6 is 11.6 Å². The number of sulfonamides is 1. The molecule has 0 aliphatic rings. The van der Waals surface area contributed by atoms with Crippen LogP contribution in [0.15, 0.2) is 23.4 Å². The van der Waals surface area contributed by atoms with Gasteiger partial charge >= 0.3 is 0 Å². The Balaban J connectivity index is 1.98. The number of nitrogens with two attached hydrogens (primary N) is 1. The molecule has 0 aliphatic carbocycles. The van der Waals surface area contributed by atoms with Crippen molar-refractivity contribution in [2.24, 2.45) is 0 Å². The summed E-state index contributed by atoms with van der Waals surface area (Å²) in [4.78, 5) is 4.08. The zero-order valence-electron chi connectivity index (χ0n) is 11.4. The summed E-state index contributed by atoms with van der Waals surface area (Å²) in [5.41, 5.74) is 6.57. The maximum Gasteiger partial charge on any atom is 0.240 e. The van der Waals surface area contributed by atoms with Crippen LogP contribution in [0, 0.1) is 6.92 Å². The van der Waals surface area contributed by atoms with Crippen LogP contribution in [-0.2, 0) is 16.4 Å². The summed E-state index contributed by atoms with van der Waals surface area (Å²) in [6, 6.07) is 2.85. The molecule has 114 valence electrons. The van der Waals surface area contributed by atoms with Crippen LogP contribution in [0.3, 0.4) is 0 Å². The molecule has 0 bridgehead atoms. The minimum absolute atomic E-state index is 0.113. The van der Waals surface area contributed by atoms with Crippen molar-refractivity contribution in [1.29, 1.82) is 0 Å². The molecular weight excluding hydrogens is 314 g/mol. The molecule has 0 spiro atoms. The maximum absolute atomic E-state index is 12.2. The summed E-state index contributed by atoms with van der Waals surface area (Å²) in [7, 11) is -3.60. The van der Waals surface area contributed by atoms with Crippen molar-refractivity contribution >= 4 is 27.3 Å². The predicted octanol–water partition coefficient (Wildman–Crippen LogP) is 1.26. The molecule has 9 heteroatoms. The van der Waals surface area contributed by atoms with Crippen LogP contribution in [0.25, 0.3) is 0 Å². The standard InChI is InChI=1S/C12H16ClN5O2S/c1-8-5-9(6-10(14)12(8)13)21(19,20)17-4-2-3-11-15-7-16-18-11/h5-7,17H,2-4,14H2,1H3,(H,15,16,18). The molecule has 0 aliphatic heterocycles. The second kappa shape index (κ2) is 6.42. The maximum atomic E-state index is 12.2. The Kier molecular flexibility index (Phi) is 4.81. The predicted molar refractivity (Wildman–Crippen MR) is 80.5 cm³/mol. The highest BCUT2D eigenvalue weighted by atomic mass is 35.5. The molecule has 0 saturated carbocycles. The molecule has 1 aromatic heterocycles. The smallest absolute Gasteiger partial charge is 0.240 e. The van der Waals surface area contributed by atoms with Crippen molar-refractivity contribution in [1.82, 2.24) is 19.9 Å². The lowest BCUT2D eigenvalue weighted by Crippen LogP contribution is -2.25. The average Bonchev–Trinajstić information content (AvgIpc) is 2.93. The van der Waals surface area contributed by atoms with E-state index in [1.165, 1.54) is 18.5 Å². The Morgan fingerprint density at radius 1 is 1.43 bits per heavy atom. The zero-order valence-corrected chi connectivity index (χ0v) is 13.0. The van der Waals surface area contributed by atoms with Gasteiger partial charge in [0, 0.05) is 13.0 Å². The molecular formula is C12H16ClN5O2S. The average molecular weight is 330 g/mol. The van der Waals surface area contributed by atoms with Crippen molar-refractivity contribution in [2.45, 2.75) is 24.7 Å². The number of nitrogens with one attached hydrogen (secondary N) is 2. The molecule has 0 unspecified atom stereocenters. The minimum atomic E-state index is -3.60. The van der Waals surface area contributed by atoms with Crippen molar-refractivity contribution in [2.75, 3.05) is 12.3 Å².